The molecule has 4 atom stereocenters. The Hall–Kier alpha value is -1.42. The predicted octanol–water partition coefficient (Wildman–Crippen LogP) is 2.76. The number of fused-ring (bicyclic) bond motifs is 5. The summed E-state index contributed by atoms with van der Waals surface area (Å²) in [5.41, 5.74) is 0.687. The van der Waals surface area contributed by atoms with Gasteiger partial charge in [-0.15, -0.1) is 0 Å². The van der Waals surface area contributed by atoms with Gasteiger partial charge in [0.15, 0.2) is 0 Å². The van der Waals surface area contributed by atoms with Crippen molar-refractivity contribution >= 4 is 33.4 Å². The SMILES string of the molecule is O=C1[C@@H]2[C@@H](C(=O)N1c1ccc(Br)cc1)[C@H]1C=C[C@H]2C1. The third kappa shape index (κ3) is 1.43. The Morgan fingerprint density at radius 3 is 2.00 bits per heavy atom. The number of carbonyl (C=O) groups is 2. The van der Waals surface area contributed by atoms with Gasteiger partial charge in [0.2, 0.25) is 11.8 Å². The Morgan fingerprint density at radius 1 is 0.947 bits per heavy atom. The number of amides is 2. The molecule has 2 bridgehead atoms. The number of benzene rings is 1. The van der Waals surface area contributed by atoms with Crippen LogP contribution in [0.1, 0.15) is 6.42 Å². The second-order valence-corrected chi connectivity index (χ2v) is 6.40. The summed E-state index contributed by atoms with van der Waals surface area (Å²) < 4.78 is 0.942. The highest BCUT2D eigenvalue weighted by Gasteiger charge is 2.59. The van der Waals surface area contributed by atoms with Crippen LogP contribution in [0, 0.1) is 23.7 Å². The van der Waals surface area contributed by atoms with E-state index in [4.69, 9.17) is 0 Å². The van der Waals surface area contributed by atoms with Gasteiger partial charge in [-0.1, -0.05) is 28.1 Å². The summed E-state index contributed by atoms with van der Waals surface area (Å²) in [6.07, 6.45) is 5.20. The number of allylic oxidation sites excluding steroid dienone is 2. The Kier molecular flexibility index (Phi) is 2.28. The molecule has 0 aromatic heterocycles. The number of anilines is 1. The zero-order valence-electron chi connectivity index (χ0n) is 10.1. The first-order valence-electron chi connectivity index (χ1n) is 6.48. The van der Waals surface area contributed by atoms with Crippen molar-refractivity contribution in [2.45, 2.75) is 6.42 Å². The number of nitrogens with zero attached hydrogens (tertiary/aromatic N) is 1. The highest BCUT2D eigenvalue weighted by Crippen LogP contribution is 2.53. The van der Waals surface area contributed by atoms with E-state index in [-0.39, 0.29) is 35.5 Å². The van der Waals surface area contributed by atoms with Crippen molar-refractivity contribution in [2.24, 2.45) is 23.7 Å². The van der Waals surface area contributed by atoms with Gasteiger partial charge >= 0.3 is 0 Å². The number of hydrogen-bond acceptors (Lipinski definition) is 2. The molecule has 2 aliphatic carbocycles. The summed E-state index contributed by atoms with van der Waals surface area (Å²) in [7, 11) is 0. The number of hydrogen-bond donors (Lipinski definition) is 0. The van der Waals surface area contributed by atoms with Crippen molar-refractivity contribution in [3.05, 3.63) is 40.9 Å². The number of imide groups is 1. The Labute approximate surface area is 119 Å². The van der Waals surface area contributed by atoms with Crippen molar-refractivity contribution in [1.82, 2.24) is 0 Å². The molecule has 1 aromatic rings. The molecule has 2 amide bonds. The zero-order valence-corrected chi connectivity index (χ0v) is 11.7. The molecule has 1 aromatic carbocycles. The highest BCUT2D eigenvalue weighted by atomic mass is 79.9. The van der Waals surface area contributed by atoms with Crippen LogP contribution in [0.4, 0.5) is 5.69 Å². The van der Waals surface area contributed by atoms with E-state index in [1.54, 1.807) is 0 Å². The minimum atomic E-state index is -0.119. The lowest BCUT2D eigenvalue weighted by Gasteiger charge is -2.17. The summed E-state index contributed by atoms with van der Waals surface area (Å²) in [5, 5.41) is 0. The topological polar surface area (TPSA) is 37.4 Å². The molecule has 3 nitrogen and oxygen atoms in total. The van der Waals surface area contributed by atoms with Crippen LogP contribution in [0.5, 0.6) is 0 Å². The quantitative estimate of drug-likeness (QED) is 0.590. The standard InChI is InChI=1S/C15H12BrNO2/c16-10-3-5-11(6-4-10)17-14(18)12-8-1-2-9(7-8)13(12)15(17)19/h1-6,8-9,12-13H,7H2/t8-,9-,12-,13-/m0/s1. The molecule has 19 heavy (non-hydrogen) atoms. The monoisotopic (exact) mass is 317 g/mol. The molecule has 0 radical (unpaired) electrons. The molecule has 96 valence electrons. The zero-order chi connectivity index (χ0) is 13.1. The fourth-order valence-electron chi connectivity index (χ4n) is 3.75. The lowest BCUT2D eigenvalue weighted by Crippen LogP contribution is -2.32. The highest BCUT2D eigenvalue weighted by molar-refractivity contribution is 9.10. The van der Waals surface area contributed by atoms with E-state index in [9.17, 15) is 9.59 Å². The maximum absolute atomic E-state index is 12.5. The molecule has 1 saturated heterocycles. The van der Waals surface area contributed by atoms with Gasteiger partial charge in [-0.05, 0) is 42.5 Å². The van der Waals surface area contributed by atoms with E-state index in [0.29, 0.717) is 5.69 Å². The molecule has 1 aliphatic heterocycles. The molecule has 3 aliphatic rings. The van der Waals surface area contributed by atoms with Crippen molar-refractivity contribution in [1.29, 1.82) is 0 Å². The van der Waals surface area contributed by atoms with E-state index < -0.39 is 0 Å². The van der Waals surface area contributed by atoms with Crippen LogP contribution >= 0.6 is 15.9 Å². The van der Waals surface area contributed by atoms with E-state index >= 15 is 0 Å². The first kappa shape index (κ1) is 11.4. The smallest absolute Gasteiger partial charge is 0.238 e. The number of carbonyl (C=O) groups excluding carboxylic acids is 2. The first-order chi connectivity index (χ1) is 9.16. The van der Waals surface area contributed by atoms with Gasteiger partial charge in [-0.2, -0.15) is 0 Å². The van der Waals surface area contributed by atoms with Crippen molar-refractivity contribution in [3.8, 4) is 0 Å². The van der Waals surface area contributed by atoms with Crippen molar-refractivity contribution in [3.63, 3.8) is 0 Å². The van der Waals surface area contributed by atoms with Crippen molar-refractivity contribution in [2.75, 3.05) is 4.90 Å². The van der Waals surface area contributed by atoms with E-state index in [1.165, 1.54) is 4.90 Å². The summed E-state index contributed by atoms with van der Waals surface area (Å²) in [6, 6.07) is 7.35. The van der Waals surface area contributed by atoms with E-state index in [0.717, 1.165) is 10.9 Å². The van der Waals surface area contributed by atoms with Crippen molar-refractivity contribution < 1.29 is 9.59 Å². The van der Waals surface area contributed by atoms with Crippen LogP contribution in [-0.4, -0.2) is 11.8 Å². The van der Waals surface area contributed by atoms with E-state index in [2.05, 4.69) is 28.1 Å². The fourth-order valence-corrected chi connectivity index (χ4v) is 4.01. The summed E-state index contributed by atoms with van der Waals surface area (Å²) in [5.74, 6) is 0.263. The van der Waals surface area contributed by atoms with Crippen LogP contribution in [0.3, 0.4) is 0 Å². The largest absolute Gasteiger partial charge is 0.274 e. The summed E-state index contributed by atoms with van der Waals surface area (Å²) in [6.45, 7) is 0. The lowest BCUT2D eigenvalue weighted by atomic mass is 9.85. The first-order valence-corrected chi connectivity index (χ1v) is 7.28. The van der Waals surface area contributed by atoms with Crippen LogP contribution < -0.4 is 4.90 Å². The van der Waals surface area contributed by atoms with Gasteiger partial charge < -0.3 is 0 Å². The van der Waals surface area contributed by atoms with Gasteiger partial charge in [0, 0.05) is 4.47 Å². The van der Waals surface area contributed by atoms with E-state index in [1.807, 2.05) is 24.3 Å². The van der Waals surface area contributed by atoms with Gasteiger partial charge in [-0.3, -0.25) is 14.5 Å². The third-order valence-corrected chi connectivity index (χ3v) is 5.08. The third-order valence-electron chi connectivity index (χ3n) is 4.56. The fraction of sp³-hybridized carbons (Fsp3) is 0.333. The molecule has 1 heterocycles. The molecule has 0 N–H and O–H groups in total. The molecule has 0 unspecified atom stereocenters. The number of rotatable bonds is 1. The molecule has 1 saturated carbocycles. The molecule has 4 rings (SSSR count). The minimum absolute atomic E-state index is 0.0193. The van der Waals surface area contributed by atoms with Gasteiger partial charge in [-0.25, -0.2) is 0 Å². The average Bonchev–Trinajstić information content (AvgIpc) is 3.06. The van der Waals surface area contributed by atoms with Gasteiger partial charge in [0.25, 0.3) is 0 Å². The normalized spacial score (nSPS) is 35.3. The van der Waals surface area contributed by atoms with Crippen LogP contribution in [0.15, 0.2) is 40.9 Å². The Balaban J connectivity index is 1.74. The lowest BCUT2D eigenvalue weighted by molar-refractivity contribution is -0.123. The average molecular weight is 318 g/mol. The summed E-state index contributed by atoms with van der Waals surface area (Å²) >= 11 is 3.36. The number of halogens is 1. The Morgan fingerprint density at radius 2 is 1.47 bits per heavy atom. The van der Waals surface area contributed by atoms with Gasteiger partial charge in [0.1, 0.15) is 0 Å². The van der Waals surface area contributed by atoms with Crippen LogP contribution in [0.2, 0.25) is 0 Å². The predicted molar refractivity (Wildman–Crippen MR) is 74.4 cm³/mol. The maximum atomic E-state index is 12.5. The minimum Gasteiger partial charge on any atom is -0.274 e. The molecule has 0 spiro atoms. The maximum Gasteiger partial charge on any atom is 0.238 e. The second kappa shape index (κ2) is 3.79. The van der Waals surface area contributed by atoms with Gasteiger partial charge in [0.05, 0.1) is 17.5 Å². The molecular weight excluding hydrogens is 306 g/mol. The van der Waals surface area contributed by atoms with Crippen LogP contribution in [-0.2, 0) is 9.59 Å². The molecule has 4 heteroatoms. The molecule has 2 fully saturated rings. The summed E-state index contributed by atoms with van der Waals surface area (Å²) in [4.78, 5) is 26.4. The van der Waals surface area contributed by atoms with Crippen LogP contribution in [0.25, 0.3) is 0 Å². The molecular formula is C15H12BrNO2. The Bertz CT molecular complexity index is 577. The second-order valence-electron chi connectivity index (χ2n) is 5.49.